The molecule has 140 valence electrons. The van der Waals surface area contributed by atoms with Crippen LogP contribution >= 0.6 is 11.6 Å². The second kappa shape index (κ2) is 9.89. The maximum absolute atomic E-state index is 10.8. The Bertz CT molecular complexity index is 738. The first-order valence-corrected chi connectivity index (χ1v) is 8.52. The van der Waals surface area contributed by atoms with Crippen LogP contribution in [-0.4, -0.2) is 37.4 Å². The predicted molar refractivity (Wildman–Crippen MR) is 99.4 cm³/mol. The van der Waals surface area contributed by atoms with E-state index in [1.807, 2.05) is 24.3 Å². The van der Waals surface area contributed by atoms with E-state index < -0.39 is 12.0 Å². The zero-order valence-electron chi connectivity index (χ0n) is 14.7. The van der Waals surface area contributed by atoms with Gasteiger partial charge in [0.25, 0.3) is 0 Å². The summed E-state index contributed by atoms with van der Waals surface area (Å²) in [5, 5.41) is 12.4. The standard InChI is InChI=1S/C19H22ClNO5/c1-13(19(22)23)21-12-14-7-8-17(18(11-14)24-2)26-10-9-25-16-6-4-3-5-15(16)20/h3-8,11,13,21H,9-10,12H2,1-2H3,(H,22,23). The number of ether oxygens (including phenoxy) is 3. The van der Waals surface area contributed by atoms with Gasteiger partial charge in [-0.15, -0.1) is 0 Å². The number of carboxylic acid groups (broad SMARTS) is 1. The van der Waals surface area contributed by atoms with Gasteiger partial charge in [0.05, 0.1) is 12.1 Å². The van der Waals surface area contributed by atoms with Crippen LogP contribution in [0.1, 0.15) is 12.5 Å². The van der Waals surface area contributed by atoms with Gasteiger partial charge in [-0.2, -0.15) is 0 Å². The summed E-state index contributed by atoms with van der Waals surface area (Å²) in [5.74, 6) is 0.879. The van der Waals surface area contributed by atoms with Crippen LogP contribution < -0.4 is 19.5 Å². The van der Waals surface area contributed by atoms with Gasteiger partial charge >= 0.3 is 5.97 Å². The van der Waals surface area contributed by atoms with E-state index in [2.05, 4.69) is 5.32 Å². The highest BCUT2D eigenvalue weighted by molar-refractivity contribution is 6.32. The van der Waals surface area contributed by atoms with E-state index in [1.54, 1.807) is 32.2 Å². The van der Waals surface area contributed by atoms with Crippen molar-refractivity contribution in [2.75, 3.05) is 20.3 Å². The van der Waals surface area contributed by atoms with Crippen molar-refractivity contribution in [2.45, 2.75) is 19.5 Å². The van der Waals surface area contributed by atoms with Crippen molar-refractivity contribution in [1.29, 1.82) is 0 Å². The zero-order valence-corrected chi connectivity index (χ0v) is 15.5. The highest BCUT2D eigenvalue weighted by atomic mass is 35.5. The van der Waals surface area contributed by atoms with Gasteiger partial charge in [0.1, 0.15) is 25.0 Å². The summed E-state index contributed by atoms with van der Waals surface area (Å²) in [4.78, 5) is 10.8. The molecule has 0 radical (unpaired) electrons. The quantitative estimate of drug-likeness (QED) is 0.616. The SMILES string of the molecule is COc1cc(CNC(C)C(=O)O)ccc1OCCOc1ccccc1Cl. The summed E-state index contributed by atoms with van der Waals surface area (Å²) >= 11 is 6.03. The van der Waals surface area contributed by atoms with Crippen LogP contribution in [-0.2, 0) is 11.3 Å². The van der Waals surface area contributed by atoms with E-state index in [9.17, 15) is 4.79 Å². The molecular weight excluding hydrogens is 358 g/mol. The molecule has 0 aliphatic heterocycles. The number of carbonyl (C=O) groups is 1. The number of nitrogens with one attached hydrogen (secondary N) is 1. The molecule has 0 bridgehead atoms. The summed E-state index contributed by atoms with van der Waals surface area (Å²) in [7, 11) is 1.56. The molecule has 0 aliphatic rings. The van der Waals surface area contributed by atoms with Gasteiger partial charge in [-0.1, -0.05) is 29.8 Å². The fourth-order valence-electron chi connectivity index (χ4n) is 2.16. The van der Waals surface area contributed by atoms with E-state index >= 15 is 0 Å². The topological polar surface area (TPSA) is 77.0 Å². The van der Waals surface area contributed by atoms with Crippen molar-refractivity contribution in [3.8, 4) is 17.2 Å². The lowest BCUT2D eigenvalue weighted by molar-refractivity contribution is -0.139. The van der Waals surface area contributed by atoms with Crippen LogP contribution in [0.2, 0.25) is 5.02 Å². The lowest BCUT2D eigenvalue weighted by Crippen LogP contribution is -2.33. The molecule has 0 saturated heterocycles. The molecule has 0 aliphatic carbocycles. The van der Waals surface area contributed by atoms with Crippen LogP contribution in [0.5, 0.6) is 17.2 Å². The Labute approximate surface area is 157 Å². The minimum absolute atomic E-state index is 0.329. The number of halogens is 1. The Morgan fingerprint density at radius 2 is 1.81 bits per heavy atom. The molecule has 26 heavy (non-hydrogen) atoms. The molecule has 6 nitrogen and oxygen atoms in total. The van der Waals surface area contributed by atoms with Crippen molar-refractivity contribution in [2.24, 2.45) is 0 Å². The molecular formula is C19H22ClNO5. The molecule has 1 unspecified atom stereocenters. The molecule has 2 N–H and O–H groups in total. The largest absolute Gasteiger partial charge is 0.493 e. The fraction of sp³-hybridized carbons (Fsp3) is 0.316. The number of methoxy groups -OCH3 is 1. The highest BCUT2D eigenvalue weighted by Crippen LogP contribution is 2.28. The lowest BCUT2D eigenvalue weighted by atomic mass is 10.2. The average molecular weight is 380 g/mol. The molecule has 7 heteroatoms. The molecule has 0 saturated carbocycles. The summed E-state index contributed by atoms with van der Waals surface area (Å²) in [6, 6.07) is 12.1. The summed E-state index contributed by atoms with van der Waals surface area (Å²) in [5.41, 5.74) is 0.898. The van der Waals surface area contributed by atoms with Crippen molar-refractivity contribution < 1.29 is 24.1 Å². The predicted octanol–water partition coefficient (Wildman–Crippen LogP) is 3.37. The molecule has 0 fully saturated rings. The molecule has 0 spiro atoms. The Morgan fingerprint density at radius 1 is 1.12 bits per heavy atom. The highest BCUT2D eigenvalue weighted by Gasteiger charge is 2.11. The number of hydrogen-bond donors (Lipinski definition) is 2. The molecule has 1 atom stereocenters. The third-order valence-electron chi connectivity index (χ3n) is 3.65. The third kappa shape index (κ3) is 5.82. The number of aliphatic carboxylic acids is 1. The Hall–Kier alpha value is -2.44. The Kier molecular flexibility index (Phi) is 7.56. The van der Waals surface area contributed by atoms with Crippen molar-refractivity contribution >= 4 is 17.6 Å². The normalized spacial score (nSPS) is 11.7. The molecule has 2 aromatic carbocycles. The lowest BCUT2D eigenvalue weighted by Gasteiger charge is -2.14. The number of carboxylic acids is 1. The number of hydrogen-bond acceptors (Lipinski definition) is 5. The second-order valence-electron chi connectivity index (χ2n) is 5.55. The number of rotatable bonds is 10. The molecule has 0 heterocycles. The van der Waals surface area contributed by atoms with Gasteiger partial charge in [-0.05, 0) is 36.8 Å². The smallest absolute Gasteiger partial charge is 0.320 e. The molecule has 0 aromatic heterocycles. The van der Waals surface area contributed by atoms with Crippen LogP contribution in [0.3, 0.4) is 0 Å². The molecule has 0 amide bonds. The summed E-state index contributed by atoms with van der Waals surface area (Å²) in [6.07, 6.45) is 0. The van der Waals surface area contributed by atoms with Crippen LogP contribution in [0.4, 0.5) is 0 Å². The Morgan fingerprint density at radius 3 is 2.46 bits per heavy atom. The summed E-state index contributed by atoms with van der Waals surface area (Å²) in [6.45, 7) is 2.68. The van der Waals surface area contributed by atoms with Crippen molar-refractivity contribution in [1.82, 2.24) is 5.32 Å². The van der Waals surface area contributed by atoms with Gasteiger partial charge in [-0.25, -0.2) is 0 Å². The van der Waals surface area contributed by atoms with Gasteiger partial charge in [0.15, 0.2) is 11.5 Å². The monoisotopic (exact) mass is 379 g/mol. The minimum atomic E-state index is -0.893. The van der Waals surface area contributed by atoms with Crippen LogP contribution in [0.15, 0.2) is 42.5 Å². The first-order valence-electron chi connectivity index (χ1n) is 8.14. The van der Waals surface area contributed by atoms with E-state index in [4.69, 9.17) is 30.9 Å². The van der Waals surface area contributed by atoms with Gasteiger partial charge in [-0.3, -0.25) is 4.79 Å². The van der Waals surface area contributed by atoms with Crippen LogP contribution in [0.25, 0.3) is 0 Å². The van der Waals surface area contributed by atoms with Gasteiger partial charge in [0.2, 0.25) is 0 Å². The zero-order chi connectivity index (χ0) is 18.9. The van der Waals surface area contributed by atoms with Gasteiger partial charge in [0, 0.05) is 6.54 Å². The Balaban J connectivity index is 1.87. The summed E-state index contributed by atoms with van der Waals surface area (Å²) < 4.78 is 16.6. The molecule has 2 rings (SSSR count). The van der Waals surface area contributed by atoms with Gasteiger partial charge < -0.3 is 24.6 Å². The first kappa shape index (κ1) is 19.9. The van der Waals surface area contributed by atoms with E-state index in [0.29, 0.717) is 42.0 Å². The number of para-hydroxylation sites is 1. The fourth-order valence-corrected chi connectivity index (χ4v) is 2.35. The average Bonchev–Trinajstić information content (AvgIpc) is 2.64. The van der Waals surface area contributed by atoms with Crippen molar-refractivity contribution in [3.05, 3.63) is 53.1 Å². The van der Waals surface area contributed by atoms with Crippen molar-refractivity contribution in [3.63, 3.8) is 0 Å². The van der Waals surface area contributed by atoms with E-state index in [-0.39, 0.29) is 0 Å². The van der Waals surface area contributed by atoms with E-state index in [1.165, 1.54) is 0 Å². The number of benzene rings is 2. The van der Waals surface area contributed by atoms with Crippen LogP contribution in [0, 0.1) is 0 Å². The maximum atomic E-state index is 10.8. The first-order chi connectivity index (χ1) is 12.5. The maximum Gasteiger partial charge on any atom is 0.320 e. The minimum Gasteiger partial charge on any atom is -0.493 e. The molecule has 2 aromatic rings. The second-order valence-corrected chi connectivity index (χ2v) is 5.96. The van der Waals surface area contributed by atoms with E-state index in [0.717, 1.165) is 5.56 Å². The third-order valence-corrected chi connectivity index (χ3v) is 3.96.